The van der Waals surface area contributed by atoms with E-state index in [4.69, 9.17) is 20.3 Å². The van der Waals surface area contributed by atoms with Crippen molar-refractivity contribution >= 4 is 45.8 Å². The van der Waals surface area contributed by atoms with Crippen LogP contribution in [-0.4, -0.2) is 22.2 Å². The van der Waals surface area contributed by atoms with Gasteiger partial charge in [-0.05, 0) is 66.2 Å². The van der Waals surface area contributed by atoms with Crippen LogP contribution in [0.25, 0.3) is 0 Å². The summed E-state index contributed by atoms with van der Waals surface area (Å²) in [6.07, 6.45) is -0.838. The third-order valence-corrected chi connectivity index (χ3v) is 6.76. The molecule has 0 spiro atoms. The van der Waals surface area contributed by atoms with Crippen molar-refractivity contribution in [2.24, 2.45) is 10.2 Å². The smallest absolute Gasteiger partial charge is 0.269 e. The third-order valence-electron chi connectivity index (χ3n) is 6.76. The van der Waals surface area contributed by atoms with Crippen molar-refractivity contribution in [2.45, 2.75) is 6.10 Å². The van der Waals surface area contributed by atoms with Gasteiger partial charge in [-0.3, -0.25) is 15.5 Å². The molecule has 5 aromatic rings. The van der Waals surface area contributed by atoms with E-state index in [0.29, 0.717) is 11.3 Å². The van der Waals surface area contributed by atoms with Crippen molar-refractivity contribution in [1.29, 1.82) is 5.41 Å². The van der Waals surface area contributed by atoms with Gasteiger partial charge in [0.25, 0.3) is 5.69 Å². The van der Waals surface area contributed by atoms with Gasteiger partial charge in [-0.15, -0.1) is 0 Å². The molecule has 43 heavy (non-hydrogen) atoms. The Morgan fingerprint density at radius 3 is 1.40 bits per heavy atom. The summed E-state index contributed by atoms with van der Waals surface area (Å²) < 4.78 is 6.12. The van der Waals surface area contributed by atoms with Gasteiger partial charge in [0.1, 0.15) is 5.71 Å². The Morgan fingerprint density at radius 2 is 1.00 bits per heavy atom. The van der Waals surface area contributed by atoms with Crippen molar-refractivity contribution in [1.82, 2.24) is 0 Å². The molecule has 1 aliphatic rings. The quantitative estimate of drug-likeness (QED) is 0.151. The second kappa shape index (κ2) is 12.2. The molecule has 1 atom stereocenters. The largest absolute Gasteiger partial charge is 0.461 e. The zero-order chi connectivity index (χ0) is 29.6. The Bertz CT molecular complexity index is 1700. The van der Waals surface area contributed by atoms with Crippen LogP contribution in [0.4, 0.5) is 28.4 Å². The summed E-state index contributed by atoms with van der Waals surface area (Å²) in [7, 11) is 0. The number of hydrogen-bond donors (Lipinski definition) is 1. The number of nitro groups is 1. The maximum absolute atomic E-state index is 11.3. The highest BCUT2D eigenvalue weighted by Gasteiger charge is 2.39. The zero-order valence-corrected chi connectivity index (χ0v) is 22.9. The lowest BCUT2D eigenvalue weighted by atomic mass is 10.0. The number of nitrogens with zero attached hydrogens (tertiary/aromatic N) is 5. The molecular weight excluding hydrogens is 540 g/mol. The van der Waals surface area contributed by atoms with Crippen LogP contribution in [0, 0.1) is 15.5 Å². The minimum Gasteiger partial charge on any atom is -0.461 e. The molecule has 1 heterocycles. The lowest BCUT2D eigenvalue weighted by molar-refractivity contribution is -0.384. The molecule has 1 aliphatic heterocycles. The fraction of sp³-hybridized carbons (Fsp3) is 0.0294. The number of nitrogens with one attached hydrogen (secondary N) is 1. The molecule has 0 bridgehead atoms. The Labute approximate surface area is 248 Å². The molecule has 1 saturated heterocycles. The highest BCUT2D eigenvalue weighted by atomic mass is 16.6. The normalized spacial score (nSPS) is 16.2. The van der Waals surface area contributed by atoms with Gasteiger partial charge in [0, 0.05) is 12.1 Å². The molecule has 6 rings (SSSR count). The second-order valence-corrected chi connectivity index (χ2v) is 9.58. The van der Waals surface area contributed by atoms with E-state index in [-0.39, 0.29) is 17.3 Å². The maximum Gasteiger partial charge on any atom is 0.269 e. The first-order valence-electron chi connectivity index (χ1n) is 13.6. The van der Waals surface area contributed by atoms with Crippen LogP contribution in [-0.2, 0) is 4.74 Å². The van der Waals surface area contributed by atoms with Gasteiger partial charge in [-0.2, -0.15) is 10.2 Å². The highest BCUT2D eigenvalue weighted by Crippen LogP contribution is 2.34. The first-order chi connectivity index (χ1) is 21.1. The fourth-order valence-electron chi connectivity index (χ4n) is 4.68. The van der Waals surface area contributed by atoms with Gasteiger partial charge in [-0.1, -0.05) is 72.8 Å². The predicted octanol–water partition coefficient (Wildman–Crippen LogP) is 8.03. The SMILES string of the molecule is N=C1O[C@H](c2ccc([N+](=O)[O-])cc2)C(=N\N(c2ccccc2)c2ccccc2)/C1=N\N(c1ccccc1)c1ccccc1. The topological polar surface area (TPSA) is 107 Å². The van der Waals surface area contributed by atoms with Crippen LogP contribution in [0.2, 0.25) is 0 Å². The Hall–Kier alpha value is -6.09. The first-order valence-corrected chi connectivity index (χ1v) is 13.6. The fourth-order valence-corrected chi connectivity index (χ4v) is 4.68. The van der Waals surface area contributed by atoms with Gasteiger partial charge in [0.2, 0.25) is 5.90 Å². The van der Waals surface area contributed by atoms with Gasteiger partial charge in [-0.25, -0.2) is 10.0 Å². The predicted molar refractivity (Wildman–Crippen MR) is 170 cm³/mol. The molecule has 1 N–H and O–H groups in total. The molecule has 9 heteroatoms. The van der Waals surface area contributed by atoms with Crippen molar-refractivity contribution in [2.75, 3.05) is 10.0 Å². The lowest BCUT2D eigenvalue weighted by Gasteiger charge is -2.22. The number of benzene rings is 5. The summed E-state index contributed by atoms with van der Waals surface area (Å²) in [6.45, 7) is 0. The number of hydrazone groups is 2. The van der Waals surface area contributed by atoms with Gasteiger partial charge >= 0.3 is 0 Å². The van der Waals surface area contributed by atoms with Crippen molar-refractivity contribution in [3.8, 4) is 0 Å². The van der Waals surface area contributed by atoms with Gasteiger partial charge in [0.15, 0.2) is 11.8 Å². The number of nitro benzene ring substituents is 1. The van der Waals surface area contributed by atoms with E-state index in [0.717, 1.165) is 22.7 Å². The van der Waals surface area contributed by atoms with E-state index in [1.54, 1.807) is 22.2 Å². The van der Waals surface area contributed by atoms with E-state index in [1.807, 2.05) is 121 Å². The molecule has 0 amide bonds. The summed E-state index contributed by atoms with van der Waals surface area (Å²) in [6, 6.07) is 44.7. The molecular formula is C34H26N6O3. The van der Waals surface area contributed by atoms with E-state index in [2.05, 4.69) is 0 Å². The number of para-hydroxylation sites is 4. The molecule has 0 aromatic heterocycles. The molecule has 1 fully saturated rings. The van der Waals surface area contributed by atoms with Crippen LogP contribution in [0.1, 0.15) is 11.7 Å². The summed E-state index contributed by atoms with van der Waals surface area (Å²) in [5.74, 6) is -0.167. The van der Waals surface area contributed by atoms with Crippen LogP contribution < -0.4 is 10.0 Å². The van der Waals surface area contributed by atoms with Crippen LogP contribution in [0.3, 0.4) is 0 Å². The van der Waals surface area contributed by atoms with E-state index < -0.39 is 11.0 Å². The first kappa shape index (κ1) is 27.1. The maximum atomic E-state index is 11.3. The van der Waals surface area contributed by atoms with Crippen LogP contribution >= 0.6 is 0 Å². The summed E-state index contributed by atoms with van der Waals surface area (Å²) in [5, 5.41) is 33.8. The standard InChI is InChI=1S/C34H26N6O3/c35-34-32(37-39(28-17-9-3-10-18-28)29-19-11-4-12-20-29)31(33(43-34)25-21-23-30(24-22-25)40(41)42)36-38(26-13-5-1-6-14-26)27-15-7-2-8-16-27/h1-24,33,35H/b35-34?,36-31-,37-32+/t33-/m1/s1. The molecule has 0 aliphatic carbocycles. The number of rotatable bonds is 8. The molecule has 210 valence electrons. The summed E-state index contributed by atoms with van der Waals surface area (Å²) in [5.41, 5.74) is 4.33. The van der Waals surface area contributed by atoms with Crippen LogP contribution in [0.15, 0.2) is 156 Å². The van der Waals surface area contributed by atoms with Gasteiger partial charge in [0.05, 0.1) is 27.7 Å². The molecule has 5 aromatic carbocycles. The number of non-ortho nitro benzene ring substituents is 1. The number of anilines is 4. The minimum absolute atomic E-state index is 0.0428. The van der Waals surface area contributed by atoms with E-state index >= 15 is 0 Å². The minimum atomic E-state index is -0.838. The molecule has 9 nitrogen and oxygen atoms in total. The van der Waals surface area contributed by atoms with Crippen molar-refractivity contribution < 1.29 is 9.66 Å². The Morgan fingerprint density at radius 1 is 0.605 bits per heavy atom. The van der Waals surface area contributed by atoms with Crippen molar-refractivity contribution in [3.05, 3.63) is 161 Å². The third kappa shape index (κ3) is 5.86. The summed E-state index contributed by atoms with van der Waals surface area (Å²) in [4.78, 5) is 10.9. The zero-order valence-electron chi connectivity index (χ0n) is 22.9. The number of hydrogen-bond acceptors (Lipinski definition) is 8. The Kier molecular flexibility index (Phi) is 7.68. The molecule has 0 radical (unpaired) electrons. The second-order valence-electron chi connectivity index (χ2n) is 9.58. The van der Waals surface area contributed by atoms with E-state index in [9.17, 15) is 10.1 Å². The van der Waals surface area contributed by atoms with Crippen LogP contribution in [0.5, 0.6) is 0 Å². The van der Waals surface area contributed by atoms with E-state index in [1.165, 1.54) is 12.1 Å². The monoisotopic (exact) mass is 566 g/mol. The highest BCUT2D eigenvalue weighted by molar-refractivity contribution is 6.70. The number of ether oxygens (including phenoxy) is 1. The Balaban J connectivity index is 1.55. The lowest BCUT2D eigenvalue weighted by Crippen LogP contribution is -2.25. The molecule has 0 saturated carbocycles. The van der Waals surface area contributed by atoms with Crippen molar-refractivity contribution in [3.63, 3.8) is 0 Å². The van der Waals surface area contributed by atoms with Gasteiger partial charge < -0.3 is 4.74 Å². The summed E-state index contributed by atoms with van der Waals surface area (Å²) >= 11 is 0. The molecule has 0 unspecified atom stereocenters. The average molecular weight is 567 g/mol. The average Bonchev–Trinajstić information content (AvgIpc) is 3.38.